The van der Waals surface area contributed by atoms with Gasteiger partial charge in [0.1, 0.15) is 24.2 Å². The lowest BCUT2D eigenvalue weighted by atomic mass is 10.1. The molecule has 1 N–H and O–H groups in total. The number of anilines is 1. The lowest BCUT2D eigenvalue weighted by molar-refractivity contribution is -0.139. The van der Waals surface area contributed by atoms with Crippen LogP contribution in [0.1, 0.15) is 13.3 Å². The number of carbonyl (C=O) groups is 2. The van der Waals surface area contributed by atoms with Gasteiger partial charge in [-0.15, -0.1) is 0 Å². The molecule has 9 nitrogen and oxygen atoms in total. The number of hydrogen-bond acceptors (Lipinski definition) is 7. The number of nitrogens with zero attached hydrogens (tertiary/aromatic N) is 4. The summed E-state index contributed by atoms with van der Waals surface area (Å²) < 4.78 is 10.9. The second-order valence-electron chi connectivity index (χ2n) is 7.47. The third kappa shape index (κ3) is 3.33. The lowest BCUT2D eigenvalue weighted by Gasteiger charge is -2.44. The van der Waals surface area contributed by atoms with E-state index in [9.17, 15) is 9.59 Å². The Bertz CT molecular complexity index is 775. The molecule has 3 amide bonds. The Labute approximate surface area is 171 Å². The SMILES string of the molecule is CCOCCN1C(=O)C2C(NC3N(c4ccccc4OC)CCCN23)N(C)C1=O. The second-order valence-corrected chi connectivity index (χ2v) is 7.47. The molecule has 3 atom stereocenters. The summed E-state index contributed by atoms with van der Waals surface area (Å²) in [6.07, 6.45) is 0.378. The number of urea groups is 1. The number of fused-ring (bicyclic) bond motifs is 3. The fourth-order valence-corrected chi connectivity index (χ4v) is 4.54. The monoisotopic (exact) mass is 403 g/mol. The van der Waals surface area contributed by atoms with E-state index in [2.05, 4.69) is 15.1 Å². The molecule has 0 aromatic heterocycles. The van der Waals surface area contributed by atoms with Crippen LogP contribution >= 0.6 is 0 Å². The van der Waals surface area contributed by atoms with Crippen LogP contribution in [0.2, 0.25) is 0 Å². The number of likely N-dealkylation sites (N-methyl/N-ethyl adjacent to an activating group) is 1. The highest BCUT2D eigenvalue weighted by atomic mass is 16.5. The van der Waals surface area contributed by atoms with Crippen LogP contribution in [0.3, 0.4) is 0 Å². The molecule has 0 spiro atoms. The normalized spacial score (nSPS) is 27.3. The van der Waals surface area contributed by atoms with E-state index in [-0.39, 0.29) is 30.9 Å². The Morgan fingerprint density at radius 3 is 2.76 bits per heavy atom. The summed E-state index contributed by atoms with van der Waals surface area (Å²) in [6.45, 7) is 4.71. The zero-order valence-corrected chi connectivity index (χ0v) is 17.2. The molecule has 0 aliphatic carbocycles. The fourth-order valence-electron chi connectivity index (χ4n) is 4.54. The Morgan fingerprint density at radius 2 is 2.00 bits per heavy atom. The summed E-state index contributed by atoms with van der Waals surface area (Å²) in [5, 5.41) is 3.52. The average Bonchev–Trinajstić information content (AvgIpc) is 3.14. The standard InChI is InChI=1S/C20H29N5O4/c1-4-29-13-12-25-18(26)16-17(22(2)20(25)27)21-19-23(10-7-11-24(16)19)14-8-5-6-9-15(14)28-3/h5-6,8-9,16-17,19,21H,4,7,10-13H2,1-3H3. The smallest absolute Gasteiger partial charge is 0.327 e. The van der Waals surface area contributed by atoms with Crippen LogP contribution in [0.4, 0.5) is 10.5 Å². The number of benzene rings is 1. The van der Waals surface area contributed by atoms with E-state index in [0.717, 1.165) is 30.9 Å². The number of amides is 3. The Balaban J connectivity index is 1.61. The Kier molecular flexibility index (Phi) is 5.62. The van der Waals surface area contributed by atoms with E-state index >= 15 is 0 Å². The molecule has 0 radical (unpaired) electrons. The number of methoxy groups -OCH3 is 1. The van der Waals surface area contributed by atoms with Gasteiger partial charge in [-0.1, -0.05) is 12.1 Å². The molecule has 0 saturated carbocycles. The van der Waals surface area contributed by atoms with Crippen LogP contribution < -0.4 is 15.0 Å². The third-order valence-electron chi connectivity index (χ3n) is 5.93. The molecular weight excluding hydrogens is 374 g/mol. The zero-order valence-electron chi connectivity index (χ0n) is 17.2. The first-order valence-electron chi connectivity index (χ1n) is 10.2. The first-order chi connectivity index (χ1) is 14.1. The fraction of sp³-hybridized carbons (Fsp3) is 0.600. The molecule has 3 fully saturated rings. The molecule has 3 saturated heterocycles. The number of rotatable bonds is 6. The number of nitrogens with one attached hydrogen (secondary N) is 1. The largest absolute Gasteiger partial charge is 0.495 e. The highest BCUT2D eigenvalue weighted by Gasteiger charge is 2.56. The molecule has 9 heteroatoms. The van der Waals surface area contributed by atoms with Crippen LogP contribution in [0.5, 0.6) is 5.75 Å². The molecule has 3 aliphatic heterocycles. The number of imide groups is 1. The van der Waals surface area contributed by atoms with E-state index in [4.69, 9.17) is 9.47 Å². The van der Waals surface area contributed by atoms with Crippen molar-refractivity contribution in [3.8, 4) is 5.75 Å². The van der Waals surface area contributed by atoms with Gasteiger partial charge in [0.05, 0.1) is 25.9 Å². The van der Waals surface area contributed by atoms with Crippen LogP contribution in [-0.2, 0) is 9.53 Å². The van der Waals surface area contributed by atoms with Gasteiger partial charge in [-0.2, -0.15) is 0 Å². The Morgan fingerprint density at radius 1 is 1.21 bits per heavy atom. The third-order valence-corrected chi connectivity index (χ3v) is 5.93. The van der Waals surface area contributed by atoms with Gasteiger partial charge < -0.3 is 19.3 Å². The molecule has 4 rings (SSSR count). The van der Waals surface area contributed by atoms with Crippen molar-refractivity contribution in [2.75, 3.05) is 51.9 Å². The number of carbonyl (C=O) groups excluding carboxylic acids is 2. The van der Waals surface area contributed by atoms with Gasteiger partial charge >= 0.3 is 6.03 Å². The van der Waals surface area contributed by atoms with E-state index in [0.29, 0.717) is 13.2 Å². The molecule has 1 aromatic rings. The molecule has 3 aliphatic rings. The number of ether oxygens (including phenoxy) is 2. The van der Waals surface area contributed by atoms with Crippen molar-refractivity contribution in [1.82, 2.24) is 20.0 Å². The summed E-state index contributed by atoms with van der Waals surface area (Å²) in [4.78, 5) is 33.4. The summed E-state index contributed by atoms with van der Waals surface area (Å²) in [6, 6.07) is 7.19. The predicted octanol–water partition coefficient (Wildman–Crippen LogP) is 0.719. The maximum atomic E-state index is 13.3. The molecule has 158 valence electrons. The van der Waals surface area contributed by atoms with Crippen LogP contribution in [0.15, 0.2) is 24.3 Å². The zero-order chi connectivity index (χ0) is 20.5. The first-order valence-corrected chi connectivity index (χ1v) is 10.2. The molecule has 3 unspecified atom stereocenters. The van der Waals surface area contributed by atoms with E-state index in [1.54, 1.807) is 19.1 Å². The van der Waals surface area contributed by atoms with Gasteiger partial charge in [0.15, 0.2) is 0 Å². The van der Waals surface area contributed by atoms with Crippen molar-refractivity contribution in [1.29, 1.82) is 0 Å². The minimum atomic E-state index is -0.415. The maximum absolute atomic E-state index is 13.3. The molecule has 3 heterocycles. The highest BCUT2D eigenvalue weighted by Crippen LogP contribution is 2.36. The minimum absolute atomic E-state index is 0.158. The van der Waals surface area contributed by atoms with Gasteiger partial charge in [-0.3, -0.25) is 19.9 Å². The van der Waals surface area contributed by atoms with E-state index < -0.39 is 6.04 Å². The van der Waals surface area contributed by atoms with Gasteiger partial charge in [-0.05, 0) is 25.5 Å². The lowest BCUT2D eigenvalue weighted by Crippen LogP contribution is -2.66. The van der Waals surface area contributed by atoms with Gasteiger partial charge in [0.25, 0.3) is 5.91 Å². The number of para-hydroxylation sites is 2. The van der Waals surface area contributed by atoms with E-state index in [1.807, 2.05) is 31.2 Å². The summed E-state index contributed by atoms with van der Waals surface area (Å²) in [5.41, 5.74) is 0.977. The van der Waals surface area contributed by atoms with E-state index in [1.165, 1.54) is 4.90 Å². The van der Waals surface area contributed by atoms with Crippen molar-refractivity contribution < 1.29 is 19.1 Å². The topological polar surface area (TPSA) is 77.6 Å². The van der Waals surface area contributed by atoms with Crippen molar-refractivity contribution in [3.05, 3.63) is 24.3 Å². The Hall–Kier alpha value is -2.36. The van der Waals surface area contributed by atoms with Crippen LogP contribution in [0, 0.1) is 0 Å². The summed E-state index contributed by atoms with van der Waals surface area (Å²) in [5.74, 6) is 0.634. The summed E-state index contributed by atoms with van der Waals surface area (Å²) in [7, 11) is 3.41. The van der Waals surface area contributed by atoms with Gasteiger partial charge in [0, 0.05) is 26.7 Å². The molecular formula is C20H29N5O4. The van der Waals surface area contributed by atoms with Crippen molar-refractivity contribution in [2.45, 2.75) is 31.8 Å². The minimum Gasteiger partial charge on any atom is -0.495 e. The second kappa shape index (κ2) is 8.17. The van der Waals surface area contributed by atoms with Crippen molar-refractivity contribution >= 4 is 17.6 Å². The first kappa shape index (κ1) is 19.9. The predicted molar refractivity (Wildman–Crippen MR) is 108 cm³/mol. The maximum Gasteiger partial charge on any atom is 0.327 e. The van der Waals surface area contributed by atoms with Gasteiger partial charge in [0.2, 0.25) is 0 Å². The molecule has 0 bridgehead atoms. The van der Waals surface area contributed by atoms with Crippen molar-refractivity contribution in [3.63, 3.8) is 0 Å². The van der Waals surface area contributed by atoms with Crippen LogP contribution in [0.25, 0.3) is 0 Å². The molecule has 29 heavy (non-hydrogen) atoms. The van der Waals surface area contributed by atoms with Gasteiger partial charge in [-0.25, -0.2) is 4.79 Å². The summed E-state index contributed by atoms with van der Waals surface area (Å²) >= 11 is 0. The highest BCUT2D eigenvalue weighted by molar-refractivity contribution is 6.00. The number of hydrogen-bond donors (Lipinski definition) is 1. The van der Waals surface area contributed by atoms with Crippen molar-refractivity contribution in [2.24, 2.45) is 0 Å². The molecule has 1 aromatic carbocycles. The quantitative estimate of drug-likeness (QED) is 0.702. The average molecular weight is 403 g/mol. The van der Waals surface area contributed by atoms with Crippen LogP contribution in [-0.4, -0.2) is 92.1 Å².